The van der Waals surface area contributed by atoms with Crippen LogP contribution < -0.4 is 10.9 Å². The highest BCUT2D eigenvalue weighted by Gasteiger charge is 2.39. The maximum atomic E-state index is 13.0. The molecule has 0 radical (unpaired) electrons. The lowest BCUT2D eigenvalue weighted by atomic mass is 10.2. The SMILES string of the molecule is CN(C)S(=O)(=O)N1CCCC1c1nc(C(=O)NCc2ccc(F)cc2)c(O)c(=O)n1C. The zero-order chi connectivity index (χ0) is 22.9. The van der Waals surface area contributed by atoms with Gasteiger partial charge in [0.05, 0.1) is 6.04 Å². The molecule has 2 N–H and O–H groups in total. The van der Waals surface area contributed by atoms with Crippen molar-refractivity contribution in [2.75, 3.05) is 20.6 Å². The van der Waals surface area contributed by atoms with Crippen molar-refractivity contribution in [3.05, 3.63) is 57.5 Å². The molecular formula is C19H24FN5O5S. The van der Waals surface area contributed by atoms with Crippen molar-refractivity contribution in [3.8, 4) is 5.75 Å². The molecule has 0 bridgehead atoms. The van der Waals surface area contributed by atoms with Crippen LogP contribution in [0.3, 0.4) is 0 Å². The number of aromatic nitrogens is 2. The Morgan fingerprint density at radius 1 is 1.32 bits per heavy atom. The van der Waals surface area contributed by atoms with Crippen LogP contribution in [-0.2, 0) is 23.8 Å². The molecule has 1 aromatic carbocycles. The monoisotopic (exact) mass is 453 g/mol. The van der Waals surface area contributed by atoms with Crippen molar-refractivity contribution in [3.63, 3.8) is 0 Å². The van der Waals surface area contributed by atoms with Gasteiger partial charge in [0.1, 0.15) is 11.6 Å². The molecule has 2 aromatic rings. The van der Waals surface area contributed by atoms with E-state index >= 15 is 0 Å². The molecule has 1 aliphatic heterocycles. The quantitative estimate of drug-likeness (QED) is 0.656. The van der Waals surface area contributed by atoms with Gasteiger partial charge in [-0.2, -0.15) is 17.0 Å². The van der Waals surface area contributed by atoms with Crippen LogP contribution in [0.15, 0.2) is 29.1 Å². The predicted octanol–water partition coefficient (Wildman–Crippen LogP) is 0.498. The Morgan fingerprint density at radius 2 is 1.97 bits per heavy atom. The second-order valence-corrected chi connectivity index (χ2v) is 9.49. The maximum absolute atomic E-state index is 13.0. The molecule has 12 heteroatoms. The molecule has 2 heterocycles. The minimum Gasteiger partial charge on any atom is -0.501 e. The van der Waals surface area contributed by atoms with E-state index in [0.29, 0.717) is 18.4 Å². The third kappa shape index (κ3) is 4.45. The average Bonchev–Trinajstić information content (AvgIpc) is 3.22. The van der Waals surface area contributed by atoms with Crippen molar-refractivity contribution >= 4 is 16.1 Å². The molecule has 0 spiro atoms. The van der Waals surface area contributed by atoms with E-state index in [0.717, 1.165) is 8.87 Å². The van der Waals surface area contributed by atoms with Crippen LogP contribution in [0.5, 0.6) is 5.75 Å². The number of halogens is 1. The van der Waals surface area contributed by atoms with Gasteiger partial charge in [0, 0.05) is 34.2 Å². The Kier molecular flexibility index (Phi) is 6.43. The number of aromatic hydroxyl groups is 1. The molecule has 31 heavy (non-hydrogen) atoms. The average molecular weight is 453 g/mol. The first-order chi connectivity index (χ1) is 14.5. The van der Waals surface area contributed by atoms with Crippen molar-refractivity contribution in [1.82, 2.24) is 23.5 Å². The lowest BCUT2D eigenvalue weighted by Crippen LogP contribution is -2.41. The Hall–Kier alpha value is -2.83. The van der Waals surface area contributed by atoms with Crippen molar-refractivity contribution in [2.45, 2.75) is 25.4 Å². The highest BCUT2D eigenvalue weighted by Crippen LogP contribution is 2.34. The number of nitrogens with zero attached hydrogens (tertiary/aromatic N) is 4. The normalized spacial score (nSPS) is 17.3. The van der Waals surface area contributed by atoms with Crippen molar-refractivity contribution in [2.24, 2.45) is 7.05 Å². The van der Waals surface area contributed by atoms with Gasteiger partial charge in [-0.3, -0.25) is 14.2 Å². The fourth-order valence-electron chi connectivity index (χ4n) is 3.42. The first kappa shape index (κ1) is 22.8. The third-order valence-corrected chi connectivity index (χ3v) is 7.10. The number of hydrogen-bond acceptors (Lipinski definition) is 6. The van der Waals surface area contributed by atoms with E-state index in [1.807, 2.05) is 0 Å². The van der Waals surface area contributed by atoms with E-state index in [2.05, 4.69) is 10.3 Å². The molecular weight excluding hydrogens is 429 g/mol. The van der Waals surface area contributed by atoms with Crippen LogP contribution in [0.25, 0.3) is 0 Å². The van der Waals surface area contributed by atoms with Crippen LogP contribution in [0.2, 0.25) is 0 Å². The zero-order valence-electron chi connectivity index (χ0n) is 17.4. The van der Waals surface area contributed by atoms with Gasteiger partial charge in [-0.15, -0.1) is 0 Å². The van der Waals surface area contributed by atoms with Crippen LogP contribution in [0, 0.1) is 5.82 Å². The minimum atomic E-state index is -3.78. The van der Waals surface area contributed by atoms with Crippen LogP contribution >= 0.6 is 0 Å². The van der Waals surface area contributed by atoms with Gasteiger partial charge in [0.15, 0.2) is 5.69 Å². The van der Waals surface area contributed by atoms with E-state index < -0.39 is 45.0 Å². The van der Waals surface area contributed by atoms with Gasteiger partial charge >= 0.3 is 0 Å². The number of hydrogen-bond donors (Lipinski definition) is 2. The molecule has 10 nitrogen and oxygen atoms in total. The molecule has 1 fully saturated rings. The summed E-state index contributed by atoms with van der Waals surface area (Å²) in [6.45, 7) is 0.267. The molecule has 1 aromatic heterocycles. The Balaban J connectivity index is 1.94. The number of carbonyl (C=O) groups is 1. The lowest BCUT2D eigenvalue weighted by molar-refractivity contribution is 0.0941. The van der Waals surface area contributed by atoms with Gasteiger partial charge in [-0.05, 0) is 30.5 Å². The van der Waals surface area contributed by atoms with Gasteiger partial charge in [-0.25, -0.2) is 9.37 Å². The molecule has 1 unspecified atom stereocenters. The molecule has 1 saturated heterocycles. The Labute approximate surface area is 179 Å². The van der Waals surface area contributed by atoms with E-state index in [1.54, 1.807) is 0 Å². The number of rotatable bonds is 6. The second-order valence-electron chi connectivity index (χ2n) is 7.40. The first-order valence-corrected chi connectivity index (χ1v) is 11.0. The summed E-state index contributed by atoms with van der Waals surface area (Å²) >= 11 is 0. The van der Waals surface area contributed by atoms with Crippen LogP contribution in [-0.4, -0.2) is 58.2 Å². The van der Waals surface area contributed by atoms with Gasteiger partial charge in [-0.1, -0.05) is 12.1 Å². The van der Waals surface area contributed by atoms with Crippen LogP contribution in [0.4, 0.5) is 4.39 Å². The summed E-state index contributed by atoms with van der Waals surface area (Å²) in [6.07, 6.45) is 0.968. The number of benzene rings is 1. The summed E-state index contributed by atoms with van der Waals surface area (Å²) in [5, 5.41) is 12.7. The molecule has 1 amide bonds. The first-order valence-electron chi connectivity index (χ1n) is 9.56. The summed E-state index contributed by atoms with van der Waals surface area (Å²) in [7, 11) is 0.396. The fourth-order valence-corrected chi connectivity index (χ4v) is 4.72. The lowest BCUT2D eigenvalue weighted by Gasteiger charge is -2.27. The van der Waals surface area contributed by atoms with Crippen molar-refractivity contribution in [1.29, 1.82) is 0 Å². The largest absolute Gasteiger partial charge is 0.501 e. The van der Waals surface area contributed by atoms with E-state index in [4.69, 9.17) is 0 Å². The second kappa shape index (κ2) is 8.73. The molecule has 3 rings (SSSR count). The summed E-state index contributed by atoms with van der Waals surface area (Å²) in [6, 6.07) is 4.71. The summed E-state index contributed by atoms with van der Waals surface area (Å²) in [5.41, 5.74) is -0.738. The van der Waals surface area contributed by atoms with Crippen molar-refractivity contribution < 1.29 is 22.7 Å². The van der Waals surface area contributed by atoms with Gasteiger partial charge in [0.25, 0.3) is 21.7 Å². The molecule has 0 aliphatic carbocycles. The zero-order valence-corrected chi connectivity index (χ0v) is 18.2. The Bertz CT molecular complexity index is 1150. The van der Waals surface area contributed by atoms with Gasteiger partial charge < -0.3 is 10.4 Å². The van der Waals surface area contributed by atoms with Gasteiger partial charge in [0.2, 0.25) is 5.75 Å². The molecule has 0 saturated carbocycles. The standard InChI is InChI=1S/C19H24FN5O5S/c1-23(2)31(29,30)25-10-4-5-14(25)17-22-15(16(26)19(28)24(17)3)18(27)21-11-12-6-8-13(20)9-7-12/h6-9,14,26H,4-5,10-11H2,1-3H3,(H,21,27). The fraction of sp³-hybridized carbons (Fsp3) is 0.421. The predicted molar refractivity (Wildman–Crippen MR) is 110 cm³/mol. The maximum Gasteiger partial charge on any atom is 0.296 e. The molecule has 1 atom stereocenters. The smallest absolute Gasteiger partial charge is 0.296 e. The highest BCUT2D eigenvalue weighted by molar-refractivity contribution is 7.86. The summed E-state index contributed by atoms with van der Waals surface area (Å²) in [4.78, 5) is 29.4. The third-order valence-electron chi connectivity index (χ3n) is 5.14. The number of amides is 1. The minimum absolute atomic E-state index is 0.0232. The highest BCUT2D eigenvalue weighted by atomic mass is 32.2. The van der Waals surface area contributed by atoms with E-state index in [1.165, 1.54) is 49.7 Å². The van der Waals surface area contributed by atoms with E-state index in [-0.39, 0.29) is 18.9 Å². The molecule has 1 aliphatic rings. The molecule has 168 valence electrons. The van der Waals surface area contributed by atoms with Crippen LogP contribution in [0.1, 0.15) is 40.8 Å². The number of nitrogens with one attached hydrogen (secondary N) is 1. The Morgan fingerprint density at radius 3 is 2.58 bits per heavy atom. The summed E-state index contributed by atoms with van der Waals surface area (Å²) in [5.74, 6) is -1.99. The summed E-state index contributed by atoms with van der Waals surface area (Å²) < 4.78 is 41.7. The number of carbonyl (C=O) groups excluding carboxylic acids is 1. The van der Waals surface area contributed by atoms with E-state index in [9.17, 15) is 27.5 Å². The topological polar surface area (TPSA) is 125 Å².